The van der Waals surface area contributed by atoms with E-state index in [0.29, 0.717) is 12.5 Å². The first-order chi connectivity index (χ1) is 9.43. The van der Waals surface area contributed by atoms with E-state index >= 15 is 0 Å². The number of amides is 1. The Morgan fingerprint density at radius 3 is 2.55 bits per heavy atom. The van der Waals surface area contributed by atoms with Crippen LogP contribution < -0.4 is 15.4 Å². The molecule has 1 aromatic carbocycles. The Balaban J connectivity index is 2.55. The predicted molar refractivity (Wildman–Crippen MR) is 81.9 cm³/mol. The van der Waals surface area contributed by atoms with E-state index in [-0.39, 0.29) is 18.0 Å². The molecule has 4 heteroatoms. The standard InChI is InChI=1S/C16H26N2O2/c1-11(2)10-17-16(19)13(4)18-12(3)14-7-6-8-15(9-14)20-5/h6-9,11-13,18H,10H2,1-5H3,(H,17,19). The third-order valence-electron chi connectivity index (χ3n) is 3.17. The third-order valence-corrected chi connectivity index (χ3v) is 3.17. The molecular formula is C16H26N2O2. The molecule has 2 atom stereocenters. The lowest BCUT2D eigenvalue weighted by Gasteiger charge is -2.20. The number of ether oxygens (including phenoxy) is 1. The van der Waals surface area contributed by atoms with Gasteiger partial charge in [0.2, 0.25) is 5.91 Å². The summed E-state index contributed by atoms with van der Waals surface area (Å²) < 4.78 is 5.22. The van der Waals surface area contributed by atoms with Gasteiger partial charge in [-0.05, 0) is 37.5 Å². The summed E-state index contributed by atoms with van der Waals surface area (Å²) in [4.78, 5) is 11.9. The van der Waals surface area contributed by atoms with Gasteiger partial charge in [0, 0.05) is 12.6 Å². The van der Waals surface area contributed by atoms with Crippen molar-refractivity contribution in [3.63, 3.8) is 0 Å². The number of carbonyl (C=O) groups excluding carboxylic acids is 1. The van der Waals surface area contributed by atoms with Crippen LogP contribution in [-0.4, -0.2) is 25.6 Å². The molecule has 0 radical (unpaired) electrons. The number of hydrogen-bond donors (Lipinski definition) is 2. The van der Waals surface area contributed by atoms with Crippen molar-refractivity contribution in [1.82, 2.24) is 10.6 Å². The normalized spacial score (nSPS) is 13.9. The lowest BCUT2D eigenvalue weighted by Crippen LogP contribution is -2.44. The van der Waals surface area contributed by atoms with Crippen molar-refractivity contribution in [2.75, 3.05) is 13.7 Å². The molecule has 1 aromatic rings. The van der Waals surface area contributed by atoms with E-state index in [9.17, 15) is 4.79 Å². The number of hydrogen-bond acceptors (Lipinski definition) is 3. The molecule has 0 bridgehead atoms. The maximum atomic E-state index is 11.9. The average Bonchev–Trinajstić information content (AvgIpc) is 2.44. The second-order valence-electron chi connectivity index (χ2n) is 5.53. The molecule has 0 saturated heterocycles. The highest BCUT2D eigenvalue weighted by molar-refractivity contribution is 5.81. The summed E-state index contributed by atoms with van der Waals surface area (Å²) in [6, 6.07) is 7.74. The Bertz CT molecular complexity index is 432. The lowest BCUT2D eigenvalue weighted by atomic mass is 10.1. The molecular weight excluding hydrogens is 252 g/mol. The molecule has 0 heterocycles. The molecule has 0 fully saturated rings. The number of methoxy groups -OCH3 is 1. The Morgan fingerprint density at radius 1 is 1.25 bits per heavy atom. The van der Waals surface area contributed by atoms with Crippen LogP contribution in [0.1, 0.15) is 39.3 Å². The highest BCUT2D eigenvalue weighted by Crippen LogP contribution is 2.19. The van der Waals surface area contributed by atoms with E-state index in [4.69, 9.17) is 4.74 Å². The molecule has 2 N–H and O–H groups in total. The van der Waals surface area contributed by atoms with E-state index in [0.717, 1.165) is 11.3 Å². The molecule has 0 aliphatic heterocycles. The van der Waals surface area contributed by atoms with E-state index < -0.39 is 0 Å². The number of nitrogens with one attached hydrogen (secondary N) is 2. The van der Waals surface area contributed by atoms with Gasteiger partial charge in [-0.25, -0.2) is 0 Å². The molecule has 1 rings (SSSR count). The Morgan fingerprint density at radius 2 is 1.95 bits per heavy atom. The Labute approximate surface area is 121 Å². The molecule has 0 spiro atoms. The molecule has 0 aliphatic rings. The zero-order chi connectivity index (χ0) is 15.1. The Kier molecular flexibility index (Phi) is 6.52. The fraction of sp³-hybridized carbons (Fsp3) is 0.562. The van der Waals surface area contributed by atoms with Crippen molar-refractivity contribution < 1.29 is 9.53 Å². The summed E-state index contributed by atoms with van der Waals surface area (Å²) >= 11 is 0. The fourth-order valence-electron chi connectivity index (χ4n) is 1.92. The lowest BCUT2D eigenvalue weighted by molar-refractivity contribution is -0.123. The first-order valence-electron chi connectivity index (χ1n) is 7.11. The van der Waals surface area contributed by atoms with Gasteiger partial charge in [0.1, 0.15) is 5.75 Å². The van der Waals surface area contributed by atoms with Crippen molar-refractivity contribution in [3.05, 3.63) is 29.8 Å². The maximum absolute atomic E-state index is 11.9. The molecule has 0 aliphatic carbocycles. The smallest absolute Gasteiger partial charge is 0.236 e. The van der Waals surface area contributed by atoms with Crippen LogP contribution in [0, 0.1) is 5.92 Å². The van der Waals surface area contributed by atoms with Crippen LogP contribution in [0.4, 0.5) is 0 Å². The van der Waals surface area contributed by atoms with Crippen molar-refractivity contribution in [3.8, 4) is 5.75 Å². The first kappa shape index (κ1) is 16.5. The quantitative estimate of drug-likeness (QED) is 0.805. The molecule has 0 saturated carbocycles. The van der Waals surface area contributed by atoms with Crippen molar-refractivity contribution >= 4 is 5.91 Å². The predicted octanol–water partition coefficient (Wildman–Crippen LogP) is 2.51. The van der Waals surface area contributed by atoms with Gasteiger partial charge < -0.3 is 10.1 Å². The van der Waals surface area contributed by atoms with Crippen LogP contribution in [-0.2, 0) is 4.79 Å². The van der Waals surface area contributed by atoms with E-state index in [1.807, 2.05) is 38.1 Å². The van der Waals surface area contributed by atoms with Gasteiger partial charge in [0.15, 0.2) is 0 Å². The van der Waals surface area contributed by atoms with Crippen molar-refractivity contribution in [2.45, 2.75) is 39.8 Å². The van der Waals surface area contributed by atoms with Crippen molar-refractivity contribution in [2.24, 2.45) is 5.92 Å². The second-order valence-corrected chi connectivity index (χ2v) is 5.53. The summed E-state index contributed by atoms with van der Waals surface area (Å²) in [7, 11) is 1.65. The van der Waals surface area contributed by atoms with Crippen LogP contribution in [0.15, 0.2) is 24.3 Å². The van der Waals surface area contributed by atoms with Crippen LogP contribution in [0.3, 0.4) is 0 Å². The van der Waals surface area contributed by atoms with Crippen LogP contribution in [0.5, 0.6) is 5.75 Å². The number of carbonyl (C=O) groups is 1. The van der Waals surface area contributed by atoms with E-state index in [2.05, 4.69) is 24.5 Å². The molecule has 20 heavy (non-hydrogen) atoms. The van der Waals surface area contributed by atoms with Gasteiger partial charge in [-0.1, -0.05) is 26.0 Å². The third kappa shape index (κ3) is 5.21. The molecule has 112 valence electrons. The first-order valence-corrected chi connectivity index (χ1v) is 7.11. The molecule has 2 unspecified atom stereocenters. The van der Waals surface area contributed by atoms with Gasteiger partial charge in [0.25, 0.3) is 0 Å². The number of benzene rings is 1. The van der Waals surface area contributed by atoms with Gasteiger partial charge in [-0.15, -0.1) is 0 Å². The monoisotopic (exact) mass is 278 g/mol. The second kappa shape index (κ2) is 7.90. The van der Waals surface area contributed by atoms with Crippen LogP contribution in [0.2, 0.25) is 0 Å². The van der Waals surface area contributed by atoms with Gasteiger partial charge >= 0.3 is 0 Å². The van der Waals surface area contributed by atoms with Gasteiger partial charge in [-0.3, -0.25) is 10.1 Å². The fourth-order valence-corrected chi connectivity index (χ4v) is 1.92. The molecule has 4 nitrogen and oxygen atoms in total. The van der Waals surface area contributed by atoms with Crippen LogP contribution >= 0.6 is 0 Å². The van der Waals surface area contributed by atoms with Crippen molar-refractivity contribution in [1.29, 1.82) is 0 Å². The summed E-state index contributed by atoms with van der Waals surface area (Å²) in [5, 5.41) is 6.24. The largest absolute Gasteiger partial charge is 0.497 e. The highest BCUT2D eigenvalue weighted by Gasteiger charge is 2.16. The summed E-state index contributed by atoms with van der Waals surface area (Å²) in [5.74, 6) is 1.32. The van der Waals surface area contributed by atoms with Gasteiger partial charge in [0.05, 0.1) is 13.2 Å². The minimum absolute atomic E-state index is 0.0356. The average molecular weight is 278 g/mol. The topological polar surface area (TPSA) is 50.4 Å². The minimum atomic E-state index is -0.227. The SMILES string of the molecule is COc1cccc(C(C)NC(C)C(=O)NCC(C)C)c1. The van der Waals surface area contributed by atoms with E-state index in [1.165, 1.54) is 0 Å². The number of rotatable bonds is 7. The highest BCUT2D eigenvalue weighted by atomic mass is 16.5. The molecule has 0 aromatic heterocycles. The molecule has 1 amide bonds. The van der Waals surface area contributed by atoms with E-state index in [1.54, 1.807) is 7.11 Å². The zero-order valence-electron chi connectivity index (χ0n) is 13.1. The summed E-state index contributed by atoms with van der Waals surface area (Å²) in [5.41, 5.74) is 1.10. The zero-order valence-corrected chi connectivity index (χ0v) is 13.1. The van der Waals surface area contributed by atoms with Gasteiger partial charge in [-0.2, -0.15) is 0 Å². The maximum Gasteiger partial charge on any atom is 0.236 e. The van der Waals surface area contributed by atoms with Crippen LogP contribution in [0.25, 0.3) is 0 Å². The summed E-state index contributed by atoms with van der Waals surface area (Å²) in [6.45, 7) is 8.79. The summed E-state index contributed by atoms with van der Waals surface area (Å²) in [6.07, 6.45) is 0. The Hall–Kier alpha value is -1.55. The minimum Gasteiger partial charge on any atom is -0.497 e.